The highest BCUT2D eigenvalue weighted by molar-refractivity contribution is 7.93. The maximum Gasteiger partial charge on any atom is 0.153 e. The highest BCUT2D eigenvalue weighted by atomic mass is 32.2. The summed E-state index contributed by atoms with van der Waals surface area (Å²) >= 11 is 0. The summed E-state index contributed by atoms with van der Waals surface area (Å²) in [4.78, 5) is 0. The maximum absolute atomic E-state index is 12.5. The summed E-state index contributed by atoms with van der Waals surface area (Å²) in [7, 11) is -3.87. The molecule has 2 rings (SSSR count). The van der Waals surface area contributed by atoms with Crippen LogP contribution in [-0.2, 0) is 20.6 Å². The van der Waals surface area contributed by atoms with E-state index in [0.717, 1.165) is 32.1 Å². The Morgan fingerprint density at radius 3 is 2.11 bits per heavy atom. The summed E-state index contributed by atoms with van der Waals surface area (Å²) in [5, 5.41) is -0.216. The third-order valence-electron chi connectivity index (χ3n) is 4.73. The van der Waals surface area contributed by atoms with Crippen LogP contribution < -0.4 is 0 Å². The first-order valence-electron chi connectivity index (χ1n) is 7.27. The molecule has 1 saturated carbocycles. The summed E-state index contributed by atoms with van der Waals surface area (Å²) < 4.78 is 36.4. The molecule has 1 heterocycles. The van der Waals surface area contributed by atoms with Gasteiger partial charge in [-0.25, -0.2) is 8.42 Å². The Labute approximate surface area is 119 Å². The van der Waals surface area contributed by atoms with Crippen molar-refractivity contribution in [3.63, 3.8) is 0 Å². The van der Waals surface area contributed by atoms with Gasteiger partial charge >= 0.3 is 0 Å². The molecule has 0 aromatic heterocycles. The van der Waals surface area contributed by atoms with Crippen molar-refractivity contribution in [2.24, 2.45) is 5.41 Å². The second-order valence-electron chi connectivity index (χ2n) is 7.17. The monoisotopic (exact) mass is 306 g/mol. The Bertz CT molecular complexity index is 454. The van der Waals surface area contributed by atoms with Gasteiger partial charge in [0, 0.05) is 21.3 Å². The molecule has 5 heteroatoms. The number of rotatable bonds is 3. The first-order chi connectivity index (χ1) is 8.67. The summed E-state index contributed by atoms with van der Waals surface area (Å²) in [5.74, 6) is 0.905. The lowest BCUT2D eigenvalue weighted by atomic mass is 9.72. The Balaban J connectivity index is 2.23. The van der Waals surface area contributed by atoms with E-state index in [1.165, 1.54) is 6.42 Å². The molecule has 0 unspecified atom stereocenters. The highest BCUT2D eigenvalue weighted by Crippen LogP contribution is 2.48. The van der Waals surface area contributed by atoms with Crippen LogP contribution in [0, 0.1) is 5.41 Å². The van der Waals surface area contributed by atoms with Crippen molar-refractivity contribution in [2.45, 2.75) is 69.3 Å². The highest BCUT2D eigenvalue weighted by Gasteiger charge is 2.52. The molecule has 0 N–H and O–H groups in total. The average molecular weight is 306 g/mol. The van der Waals surface area contributed by atoms with E-state index in [9.17, 15) is 12.6 Å². The molecule has 1 aliphatic carbocycles. The molecular weight excluding hydrogens is 280 g/mol. The van der Waals surface area contributed by atoms with Gasteiger partial charge in [0.1, 0.15) is 0 Å². The van der Waals surface area contributed by atoms with Crippen LogP contribution in [0.3, 0.4) is 0 Å². The van der Waals surface area contributed by atoms with Crippen LogP contribution in [0.4, 0.5) is 0 Å². The van der Waals surface area contributed by atoms with E-state index in [2.05, 4.69) is 0 Å². The van der Waals surface area contributed by atoms with Gasteiger partial charge in [-0.2, -0.15) is 0 Å². The first kappa shape index (κ1) is 15.5. The van der Waals surface area contributed by atoms with Gasteiger partial charge in [-0.3, -0.25) is 4.21 Å². The van der Waals surface area contributed by atoms with Crippen LogP contribution in [0.2, 0.25) is 0 Å². The third-order valence-corrected chi connectivity index (χ3v) is 9.34. The number of hydrogen-bond acceptors (Lipinski definition) is 3. The van der Waals surface area contributed by atoms with Crippen LogP contribution in [0.15, 0.2) is 0 Å². The predicted molar refractivity (Wildman–Crippen MR) is 80.5 cm³/mol. The molecule has 2 aliphatic rings. The van der Waals surface area contributed by atoms with Crippen LogP contribution in [0.25, 0.3) is 0 Å². The lowest BCUT2D eigenvalue weighted by Gasteiger charge is -2.47. The maximum atomic E-state index is 12.5. The van der Waals surface area contributed by atoms with Gasteiger partial charge < -0.3 is 0 Å². The topological polar surface area (TPSA) is 51.2 Å². The largest absolute Gasteiger partial charge is 0.259 e. The molecule has 19 heavy (non-hydrogen) atoms. The molecule has 0 radical (unpaired) electrons. The van der Waals surface area contributed by atoms with Crippen molar-refractivity contribution in [3.05, 3.63) is 0 Å². The number of hydrogen-bond donors (Lipinski definition) is 0. The van der Waals surface area contributed by atoms with E-state index in [1.807, 2.05) is 20.8 Å². The van der Waals surface area contributed by atoms with Crippen LogP contribution in [-0.4, -0.2) is 34.1 Å². The second kappa shape index (κ2) is 5.14. The Morgan fingerprint density at radius 1 is 1.16 bits per heavy atom. The van der Waals surface area contributed by atoms with E-state index in [4.69, 9.17) is 0 Å². The van der Waals surface area contributed by atoms with Gasteiger partial charge in [-0.05, 0) is 45.4 Å². The fraction of sp³-hybridized carbons (Fsp3) is 1.00. The normalized spacial score (nSPS) is 31.4. The molecule has 0 aromatic carbocycles. The van der Waals surface area contributed by atoms with Gasteiger partial charge in [0.05, 0.1) is 11.0 Å². The van der Waals surface area contributed by atoms with Gasteiger partial charge in [0.25, 0.3) is 0 Å². The molecule has 2 atom stereocenters. The lowest BCUT2D eigenvalue weighted by Crippen LogP contribution is -2.54. The molecule has 0 spiro atoms. The fourth-order valence-corrected chi connectivity index (χ4v) is 6.90. The number of sulfone groups is 1. The zero-order valence-corrected chi connectivity index (χ0v) is 13.9. The molecule has 2 fully saturated rings. The van der Waals surface area contributed by atoms with Crippen molar-refractivity contribution in [1.82, 2.24) is 0 Å². The quantitative estimate of drug-likeness (QED) is 0.805. The standard InChI is InChI=1S/C14H26O3S2/c1-13(2,3)18(15)11-14(8-5-4-6-9-14)12-7-10-19(12,16)17/h12H,4-11H2,1-3H3/t12-,18+/m0/s1. The van der Waals surface area contributed by atoms with Gasteiger partial charge in [-0.1, -0.05) is 19.3 Å². The second-order valence-corrected chi connectivity index (χ2v) is 11.7. The smallest absolute Gasteiger partial charge is 0.153 e. The molecule has 112 valence electrons. The van der Waals surface area contributed by atoms with Crippen LogP contribution in [0.5, 0.6) is 0 Å². The fourth-order valence-electron chi connectivity index (χ4n) is 3.41. The van der Waals surface area contributed by atoms with E-state index in [-0.39, 0.29) is 15.4 Å². The molecule has 0 aromatic rings. The van der Waals surface area contributed by atoms with Crippen molar-refractivity contribution < 1.29 is 12.6 Å². The van der Waals surface area contributed by atoms with E-state index < -0.39 is 20.6 Å². The summed E-state index contributed by atoms with van der Waals surface area (Å²) in [6, 6.07) is 0. The van der Waals surface area contributed by atoms with Gasteiger partial charge in [-0.15, -0.1) is 0 Å². The Hall–Kier alpha value is 0.1000. The summed E-state index contributed by atoms with van der Waals surface area (Å²) in [6.07, 6.45) is 6.04. The van der Waals surface area contributed by atoms with E-state index in [1.54, 1.807) is 0 Å². The summed E-state index contributed by atoms with van der Waals surface area (Å²) in [5.41, 5.74) is -0.201. The van der Waals surface area contributed by atoms with Gasteiger partial charge in [0.15, 0.2) is 9.84 Å². The van der Waals surface area contributed by atoms with Crippen molar-refractivity contribution in [3.8, 4) is 0 Å². The molecule has 0 amide bonds. The molecule has 1 saturated heterocycles. The lowest BCUT2D eigenvalue weighted by molar-refractivity contribution is 0.196. The Kier molecular flexibility index (Phi) is 4.19. The van der Waals surface area contributed by atoms with Crippen molar-refractivity contribution >= 4 is 20.6 Å². The minimum absolute atomic E-state index is 0.201. The zero-order valence-electron chi connectivity index (χ0n) is 12.3. The van der Waals surface area contributed by atoms with Crippen molar-refractivity contribution in [2.75, 3.05) is 11.5 Å². The van der Waals surface area contributed by atoms with E-state index >= 15 is 0 Å². The zero-order chi connectivity index (χ0) is 14.3. The van der Waals surface area contributed by atoms with Crippen LogP contribution in [0.1, 0.15) is 59.3 Å². The molecule has 3 nitrogen and oxygen atoms in total. The summed E-state index contributed by atoms with van der Waals surface area (Å²) in [6.45, 7) is 5.94. The third kappa shape index (κ3) is 3.07. The first-order valence-corrected chi connectivity index (χ1v) is 10.3. The molecular formula is C14H26O3S2. The molecule has 1 aliphatic heterocycles. The van der Waals surface area contributed by atoms with Crippen molar-refractivity contribution in [1.29, 1.82) is 0 Å². The average Bonchev–Trinajstić information content (AvgIpc) is 2.27. The predicted octanol–water partition coefficient (Wildman–Crippen LogP) is 2.67. The minimum atomic E-state index is -2.91. The van der Waals surface area contributed by atoms with Crippen LogP contribution >= 0.6 is 0 Å². The van der Waals surface area contributed by atoms with Gasteiger partial charge in [0.2, 0.25) is 0 Å². The van der Waals surface area contributed by atoms with E-state index in [0.29, 0.717) is 11.5 Å². The SMILES string of the molecule is CC(C)(C)[S@](=O)CC1([C@@H]2CCS2(=O)=O)CCCCC1. The Morgan fingerprint density at radius 2 is 1.74 bits per heavy atom. The molecule has 0 bridgehead atoms. The minimum Gasteiger partial charge on any atom is -0.259 e.